The Bertz CT molecular complexity index is 1120. The zero-order valence-electron chi connectivity index (χ0n) is 16.9. The quantitative estimate of drug-likeness (QED) is 0.389. The Morgan fingerprint density at radius 3 is 2.22 bits per heavy atom. The largest absolute Gasteiger partial charge is 0.509 e. The minimum atomic E-state index is -4.38. The Kier molecular flexibility index (Phi) is 5.48. The van der Waals surface area contributed by atoms with Gasteiger partial charge in [-0.1, -0.05) is 41.9 Å². The summed E-state index contributed by atoms with van der Waals surface area (Å²) in [6, 6.07) is 7.93. The van der Waals surface area contributed by atoms with Crippen LogP contribution in [-0.2, 0) is 4.79 Å². The number of rotatable bonds is 2. The normalized spacial score (nSPS) is 23.7. The molecule has 0 bridgehead atoms. The molecule has 2 aliphatic rings. The van der Waals surface area contributed by atoms with Crippen molar-refractivity contribution in [3.05, 3.63) is 63.9 Å². The summed E-state index contributed by atoms with van der Waals surface area (Å²) in [7, 11) is 0. The van der Waals surface area contributed by atoms with Crippen LogP contribution < -0.4 is 5.32 Å². The van der Waals surface area contributed by atoms with Gasteiger partial charge >= 0.3 is 6.18 Å². The predicted molar refractivity (Wildman–Crippen MR) is 110 cm³/mol. The second kappa shape index (κ2) is 7.76. The van der Waals surface area contributed by atoms with E-state index in [2.05, 4.69) is 5.32 Å². The highest BCUT2D eigenvalue weighted by Gasteiger charge is 2.52. The van der Waals surface area contributed by atoms with Gasteiger partial charge in [-0.3, -0.25) is 4.79 Å². The molecule has 0 saturated heterocycles. The first kappa shape index (κ1) is 22.6. The molecule has 1 fully saturated rings. The molecule has 1 aliphatic carbocycles. The van der Waals surface area contributed by atoms with Gasteiger partial charge in [0, 0.05) is 11.1 Å². The fourth-order valence-electron chi connectivity index (χ4n) is 4.64. The molecule has 0 unspecified atom stereocenters. The molecule has 32 heavy (non-hydrogen) atoms. The van der Waals surface area contributed by atoms with Crippen molar-refractivity contribution in [1.29, 1.82) is 0 Å². The topological polar surface area (TPSA) is 49.3 Å². The standard InChI is InChI=1S/C23H19ClF5NO2/c1-11-14(19(26)15(17(24)18(11)25)12-5-3-2-4-6-12)16-20(31)22(30-21(16)32)9-7-13(8-10-22)23(27,28)29/h2-6,13,31H,7-10H2,1H3,(H,30,32). The Balaban J connectivity index is 1.85. The summed E-state index contributed by atoms with van der Waals surface area (Å²) < 4.78 is 69.9. The summed E-state index contributed by atoms with van der Waals surface area (Å²) in [5, 5.41) is 13.0. The van der Waals surface area contributed by atoms with Crippen LogP contribution in [0.1, 0.15) is 36.8 Å². The molecule has 170 valence electrons. The number of carbonyl (C=O) groups is 1. The summed E-state index contributed by atoms with van der Waals surface area (Å²) in [6.45, 7) is 1.23. The van der Waals surface area contributed by atoms with E-state index in [0.29, 0.717) is 0 Å². The molecule has 0 aromatic heterocycles. The molecule has 3 nitrogen and oxygen atoms in total. The number of nitrogens with one attached hydrogen (secondary N) is 1. The number of halogens is 6. The summed E-state index contributed by atoms with van der Waals surface area (Å²) in [5.41, 5.74) is -2.62. The van der Waals surface area contributed by atoms with E-state index in [1.165, 1.54) is 19.1 Å². The van der Waals surface area contributed by atoms with Crippen molar-refractivity contribution < 1.29 is 31.9 Å². The van der Waals surface area contributed by atoms with Crippen LogP contribution in [0.25, 0.3) is 16.7 Å². The van der Waals surface area contributed by atoms with Gasteiger partial charge in [-0.05, 0) is 43.7 Å². The van der Waals surface area contributed by atoms with Crippen LogP contribution in [0.4, 0.5) is 22.0 Å². The number of aliphatic hydroxyl groups is 1. The lowest BCUT2D eigenvalue weighted by Gasteiger charge is -2.37. The average molecular weight is 472 g/mol. The number of hydrogen-bond acceptors (Lipinski definition) is 2. The summed E-state index contributed by atoms with van der Waals surface area (Å²) >= 11 is 6.09. The van der Waals surface area contributed by atoms with E-state index in [1.807, 2.05) is 0 Å². The maximum atomic E-state index is 15.7. The first-order valence-electron chi connectivity index (χ1n) is 10.0. The fraction of sp³-hybridized carbons (Fsp3) is 0.348. The maximum absolute atomic E-state index is 15.7. The fourth-order valence-corrected chi connectivity index (χ4v) is 4.98. The molecule has 1 spiro atoms. The van der Waals surface area contributed by atoms with Gasteiger partial charge in [-0.2, -0.15) is 13.2 Å². The third-order valence-corrected chi connectivity index (χ3v) is 6.79. The van der Waals surface area contributed by atoms with E-state index in [4.69, 9.17) is 11.6 Å². The molecule has 1 saturated carbocycles. The van der Waals surface area contributed by atoms with Crippen LogP contribution in [0.15, 0.2) is 36.1 Å². The van der Waals surface area contributed by atoms with Gasteiger partial charge in [0.15, 0.2) is 0 Å². The minimum absolute atomic E-state index is 0.166. The molecule has 0 atom stereocenters. The molecule has 2 N–H and O–H groups in total. The lowest BCUT2D eigenvalue weighted by atomic mass is 9.75. The summed E-state index contributed by atoms with van der Waals surface area (Å²) in [5.74, 6) is -4.91. The first-order valence-corrected chi connectivity index (χ1v) is 10.4. The Morgan fingerprint density at radius 1 is 1.06 bits per heavy atom. The van der Waals surface area contributed by atoms with Crippen molar-refractivity contribution >= 4 is 23.1 Å². The highest BCUT2D eigenvalue weighted by Crippen LogP contribution is 2.48. The van der Waals surface area contributed by atoms with E-state index < -0.39 is 57.1 Å². The lowest BCUT2D eigenvalue weighted by molar-refractivity contribution is -0.184. The zero-order chi connectivity index (χ0) is 23.4. The Morgan fingerprint density at radius 2 is 1.66 bits per heavy atom. The molecular formula is C23H19ClF5NO2. The molecular weight excluding hydrogens is 453 g/mol. The minimum Gasteiger partial charge on any atom is -0.509 e. The molecule has 2 aromatic rings. The molecule has 0 radical (unpaired) electrons. The predicted octanol–water partition coefficient (Wildman–Crippen LogP) is 6.48. The smallest absolute Gasteiger partial charge is 0.391 e. The van der Waals surface area contributed by atoms with Gasteiger partial charge in [0.1, 0.15) is 17.4 Å². The maximum Gasteiger partial charge on any atom is 0.391 e. The van der Waals surface area contributed by atoms with E-state index in [1.54, 1.807) is 18.2 Å². The highest BCUT2D eigenvalue weighted by molar-refractivity contribution is 6.34. The third kappa shape index (κ3) is 3.45. The molecule has 2 aromatic carbocycles. The van der Waals surface area contributed by atoms with Gasteiger partial charge in [0.05, 0.1) is 22.1 Å². The van der Waals surface area contributed by atoms with Crippen molar-refractivity contribution in [3.8, 4) is 11.1 Å². The number of hydrogen-bond donors (Lipinski definition) is 2. The Labute approximate surface area is 185 Å². The Hall–Kier alpha value is -2.61. The SMILES string of the molecule is Cc1c(F)c(Cl)c(-c2ccccc2)c(F)c1C1=C(O)C2(CCC(C(F)(F)F)CC2)NC1=O. The number of aliphatic hydroxyl groups excluding tert-OH is 1. The monoisotopic (exact) mass is 471 g/mol. The molecule has 1 aliphatic heterocycles. The van der Waals surface area contributed by atoms with Crippen LogP contribution in [-0.4, -0.2) is 22.7 Å². The van der Waals surface area contributed by atoms with E-state index in [-0.39, 0.29) is 42.4 Å². The summed E-state index contributed by atoms with van der Waals surface area (Å²) in [6.07, 6.45) is -5.31. The first-order chi connectivity index (χ1) is 15.0. The second-order valence-corrected chi connectivity index (χ2v) is 8.64. The molecule has 9 heteroatoms. The lowest BCUT2D eigenvalue weighted by Crippen LogP contribution is -2.48. The summed E-state index contributed by atoms with van der Waals surface area (Å²) in [4.78, 5) is 12.8. The number of amides is 1. The number of carbonyl (C=O) groups excluding carboxylic acids is 1. The van der Waals surface area contributed by atoms with Gasteiger partial charge < -0.3 is 10.4 Å². The molecule has 1 amide bonds. The number of alkyl halides is 3. The highest BCUT2D eigenvalue weighted by atomic mass is 35.5. The third-order valence-electron chi connectivity index (χ3n) is 6.44. The zero-order valence-corrected chi connectivity index (χ0v) is 17.7. The van der Waals surface area contributed by atoms with Crippen LogP contribution in [0.5, 0.6) is 0 Å². The van der Waals surface area contributed by atoms with Crippen LogP contribution in [0.2, 0.25) is 5.02 Å². The molecule has 4 rings (SSSR count). The van der Waals surface area contributed by atoms with E-state index in [0.717, 1.165) is 0 Å². The molecule has 1 heterocycles. The van der Waals surface area contributed by atoms with Gasteiger partial charge in [0.2, 0.25) is 0 Å². The van der Waals surface area contributed by atoms with Crippen LogP contribution in [0.3, 0.4) is 0 Å². The van der Waals surface area contributed by atoms with Gasteiger partial charge in [0.25, 0.3) is 5.91 Å². The van der Waals surface area contributed by atoms with Crippen molar-refractivity contribution in [2.45, 2.75) is 44.3 Å². The average Bonchev–Trinajstić information content (AvgIpc) is 2.97. The van der Waals surface area contributed by atoms with Crippen LogP contribution >= 0.6 is 11.6 Å². The van der Waals surface area contributed by atoms with Crippen molar-refractivity contribution in [1.82, 2.24) is 5.32 Å². The number of benzene rings is 2. The van der Waals surface area contributed by atoms with Crippen LogP contribution in [0, 0.1) is 24.5 Å². The van der Waals surface area contributed by atoms with Crippen molar-refractivity contribution in [2.75, 3.05) is 0 Å². The van der Waals surface area contributed by atoms with E-state index in [9.17, 15) is 27.5 Å². The van der Waals surface area contributed by atoms with Crippen molar-refractivity contribution in [3.63, 3.8) is 0 Å². The van der Waals surface area contributed by atoms with E-state index >= 15 is 4.39 Å². The van der Waals surface area contributed by atoms with Gasteiger partial charge in [-0.25, -0.2) is 8.78 Å². The van der Waals surface area contributed by atoms with Gasteiger partial charge in [-0.15, -0.1) is 0 Å². The second-order valence-electron chi connectivity index (χ2n) is 8.26. The van der Waals surface area contributed by atoms with Crippen molar-refractivity contribution in [2.24, 2.45) is 5.92 Å².